The van der Waals surface area contributed by atoms with Crippen molar-refractivity contribution in [2.75, 3.05) is 0 Å². The van der Waals surface area contributed by atoms with Gasteiger partial charge in [0, 0.05) is 36.9 Å². The highest BCUT2D eigenvalue weighted by molar-refractivity contribution is 7.25. The summed E-state index contributed by atoms with van der Waals surface area (Å²) in [7, 11) is 0. The van der Waals surface area contributed by atoms with Gasteiger partial charge in [-0.3, -0.25) is 0 Å². The molecule has 62 heavy (non-hydrogen) atoms. The van der Waals surface area contributed by atoms with E-state index in [1.807, 2.05) is 17.4 Å². The fourth-order valence-electron chi connectivity index (χ4n) is 9.70. The number of fused-ring (bicyclic) bond motifs is 6. The molecule has 2 nitrogen and oxygen atoms in total. The summed E-state index contributed by atoms with van der Waals surface area (Å²) in [6, 6.07) is 83.4. The molecule has 9 aromatic carbocycles. The van der Waals surface area contributed by atoms with Gasteiger partial charge >= 0.3 is 0 Å². The molecule has 0 N–H and O–H groups in total. The van der Waals surface area contributed by atoms with Gasteiger partial charge in [0.05, 0.1) is 16.8 Å². The van der Waals surface area contributed by atoms with Crippen molar-refractivity contribution in [3.05, 3.63) is 253 Å². The minimum atomic E-state index is -0.505. The molecule has 0 atom stereocenters. The van der Waals surface area contributed by atoms with Crippen LogP contribution in [0.15, 0.2) is 231 Å². The molecule has 290 valence electrons. The summed E-state index contributed by atoms with van der Waals surface area (Å²) in [5.41, 5.74) is 16.6. The number of nitrogens with zero attached hydrogens (tertiary/aromatic N) is 2. The Labute approximate surface area is 365 Å². The predicted molar refractivity (Wildman–Crippen MR) is 259 cm³/mol. The third-order valence-electron chi connectivity index (χ3n) is 12.6. The van der Waals surface area contributed by atoms with Crippen molar-refractivity contribution >= 4 is 31.5 Å². The monoisotopic (exact) mass is 806 g/mol. The number of hydrogen-bond acceptors (Lipinski definition) is 3. The number of thiophene rings is 1. The fourth-order valence-corrected chi connectivity index (χ4v) is 10.9. The molecule has 0 saturated carbocycles. The molecule has 12 rings (SSSR count). The van der Waals surface area contributed by atoms with Crippen LogP contribution in [0.4, 0.5) is 0 Å². The normalized spacial score (nSPS) is 12.6. The Hall–Kier alpha value is -7.72. The maximum absolute atomic E-state index is 5.32. The van der Waals surface area contributed by atoms with Gasteiger partial charge in [0.25, 0.3) is 0 Å². The van der Waals surface area contributed by atoms with E-state index in [1.54, 1.807) is 0 Å². The molecule has 1 aliphatic rings. The Morgan fingerprint density at radius 3 is 1.52 bits per heavy atom. The van der Waals surface area contributed by atoms with Crippen LogP contribution in [0.25, 0.3) is 87.5 Å². The van der Waals surface area contributed by atoms with Crippen molar-refractivity contribution < 1.29 is 0 Å². The highest BCUT2D eigenvalue weighted by atomic mass is 32.1. The van der Waals surface area contributed by atoms with Crippen molar-refractivity contribution in [1.29, 1.82) is 0 Å². The molecular weight excluding hydrogens is 769 g/mol. The second-order valence-electron chi connectivity index (χ2n) is 16.1. The van der Waals surface area contributed by atoms with Gasteiger partial charge in [-0.05, 0) is 92.0 Å². The van der Waals surface area contributed by atoms with Gasteiger partial charge < -0.3 is 0 Å². The van der Waals surface area contributed by atoms with E-state index in [1.165, 1.54) is 64.7 Å². The van der Waals surface area contributed by atoms with Gasteiger partial charge in [-0.15, -0.1) is 11.3 Å². The summed E-state index contributed by atoms with van der Waals surface area (Å²) in [5.74, 6) is 0.697. The molecule has 0 bridgehead atoms. The first-order chi connectivity index (χ1) is 30.7. The Kier molecular flexibility index (Phi) is 8.62. The minimum absolute atomic E-state index is 0.505. The SMILES string of the molecule is c1ccc(-c2nc(-c3cccc(-c4cccc(-c5ccc6c(c5)sc5ccccc56)c4)c3)cc(-c3ccc4c(c3)C(c3ccccc3)(c3ccccc3)c3ccccc3-4)n2)cc1. The second kappa shape index (κ2) is 14.8. The Balaban J connectivity index is 0.987. The predicted octanol–water partition coefficient (Wildman–Crippen LogP) is 15.5. The number of rotatable bonds is 7. The molecule has 11 aromatic rings. The first kappa shape index (κ1) is 36.2. The molecule has 0 spiro atoms. The smallest absolute Gasteiger partial charge is 0.160 e. The third-order valence-corrected chi connectivity index (χ3v) is 13.7. The fraction of sp³-hybridized carbons (Fsp3) is 0.0169. The van der Waals surface area contributed by atoms with Crippen LogP contribution in [0.3, 0.4) is 0 Å². The van der Waals surface area contributed by atoms with E-state index in [2.05, 4.69) is 224 Å². The molecule has 0 aliphatic heterocycles. The first-order valence-electron chi connectivity index (χ1n) is 21.1. The van der Waals surface area contributed by atoms with Crippen LogP contribution in [0.5, 0.6) is 0 Å². The van der Waals surface area contributed by atoms with Crippen LogP contribution in [0.2, 0.25) is 0 Å². The average molecular weight is 807 g/mol. The van der Waals surface area contributed by atoms with Crippen LogP contribution in [-0.4, -0.2) is 9.97 Å². The summed E-state index contributed by atoms with van der Waals surface area (Å²) in [6.07, 6.45) is 0. The summed E-state index contributed by atoms with van der Waals surface area (Å²) in [6.45, 7) is 0. The minimum Gasteiger partial charge on any atom is -0.228 e. The summed E-state index contributed by atoms with van der Waals surface area (Å²) >= 11 is 1.86. The molecule has 0 fully saturated rings. The third kappa shape index (κ3) is 5.93. The van der Waals surface area contributed by atoms with Crippen molar-refractivity contribution in [3.63, 3.8) is 0 Å². The van der Waals surface area contributed by atoms with Crippen molar-refractivity contribution in [1.82, 2.24) is 9.97 Å². The molecule has 3 heteroatoms. The van der Waals surface area contributed by atoms with Crippen molar-refractivity contribution in [2.45, 2.75) is 5.41 Å². The lowest BCUT2D eigenvalue weighted by atomic mass is 9.67. The molecule has 0 amide bonds. The highest BCUT2D eigenvalue weighted by Gasteiger charge is 2.46. The lowest BCUT2D eigenvalue weighted by Gasteiger charge is -2.34. The van der Waals surface area contributed by atoms with Crippen LogP contribution >= 0.6 is 11.3 Å². The van der Waals surface area contributed by atoms with E-state index in [0.29, 0.717) is 5.82 Å². The Bertz CT molecular complexity index is 3420. The number of benzene rings is 9. The standard InChI is InChI=1S/C59H38N2S/c1-4-16-39(17-5-1)58-60-54(44-21-15-20-42(35-44)40-18-14-19-41(34-40)43-30-33-51-50-27-11-13-29-56(50)62-57(51)37-43)38-55(61-58)45-31-32-49-48-26-10-12-28-52(48)59(53(49)36-45,46-22-6-2-7-23-46)47-24-8-3-9-25-47/h1-38H. The van der Waals surface area contributed by atoms with Gasteiger partial charge in [-0.2, -0.15) is 0 Å². The van der Waals surface area contributed by atoms with E-state index in [-0.39, 0.29) is 0 Å². The Morgan fingerprint density at radius 1 is 0.306 bits per heavy atom. The maximum Gasteiger partial charge on any atom is 0.160 e. The number of hydrogen-bond donors (Lipinski definition) is 0. The zero-order valence-corrected chi connectivity index (χ0v) is 34.6. The zero-order valence-electron chi connectivity index (χ0n) is 33.7. The quantitative estimate of drug-likeness (QED) is 0.160. The van der Waals surface area contributed by atoms with E-state index >= 15 is 0 Å². The van der Waals surface area contributed by atoms with Gasteiger partial charge in [0.2, 0.25) is 0 Å². The number of aromatic nitrogens is 2. The van der Waals surface area contributed by atoms with Crippen molar-refractivity contribution in [3.8, 4) is 67.3 Å². The summed E-state index contributed by atoms with van der Waals surface area (Å²) in [4.78, 5) is 10.6. The summed E-state index contributed by atoms with van der Waals surface area (Å²) in [5, 5.41) is 2.64. The molecular formula is C59H38N2S. The molecule has 0 saturated heterocycles. The lowest BCUT2D eigenvalue weighted by Crippen LogP contribution is -2.28. The van der Waals surface area contributed by atoms with Crippen LogP contribution < -0.4 is 0 Å². The largest absolute Gasteiger partial charge is 0.228 e. The van der Waals surface area contributed by atoms with Crippen molar-refractivity contribution in [2.24, 2.45) is 0 Å². The van der Waals surface area contributed by atoms with E-state index < -0.39 is 5.41 Å². The van der Waals surface area contributed by atoms with E-state index in [0.717, 1.165) is 39.2 Å². The zero-order chi connectivity index (χ0) is 41.0. The first-order valence-corrected chi connectivity index (χ1v) is 22.0. The highest BCUT2D eigenvalue weighted by Crippen LogP contribution is 2.56. The van der Waals surface area contributed by atoms with Crippen LogP contribution in [0.1, 0.15) is 22.3 Å². The summed E-state index contributed by atoms with van der Waals surface area (Å²) < 4.78 is 2.63. The van der Waals surface area contributed by atoms with Gasteiger partial charge in [0.1, 0.15) is 0 Å². The molecule has 0 unspecified atom stereocenters. The maximum atomic E-state index is 5.32. The molecule has 0 radical (unpaired) electrons. The van der Waals surface area contributed by atoms with Crippen LogP contribution in [0, 0.1) is 0 Å². The van der Waals surface area contributed by atoms with Gasteiger partial charge in [0.15, 0.2) is 5.82 Å². The molecule has 2 heterocycles. The lowest BCUT2D eigenvalue weighted by molar-refractivity contribution is 0.768. The van der Waals surface area contributed by atoms with Gasteiger partial charge in [-0.1, -0.05) is 194 Å². The second-order valence-corrected chi connectivity index (χ2v) is 17.2. The van der Waals surface area contributed by atoms with Gasteiger partial charge in [-0.25, -0.2) is 9.97 Å². The molecule has 1 aliphatic carbocycles. The topological polar surface area (TPSA) is 25.8 Å². The molecule has 2 aromatic heterocycles. The van der Waals surface area contributed by atoms with Crippen LogP contribution in [-0.2, 0) is 5.41 Å². The average Bonchev–Trinajstić information content (AvgIpc) is 3.88. The Morgan fingerprint density at radius 2 is 0.806 bits per heavy atom. The van der Waals surface area contributed by atoms with E-state index in [9.17, 15) is 0 Å². The van der Waals surface area contributed by atoms with E-state index in [4.69, 9.17) is 9.97 Å².